The lowest BCUT2D eigenvalue weighted by atomic mass is 10.0. The summed E-state index contributed by atoms with van der Waals surface area (Å²) in [5, 5.41) is 5.29. The third-order valence-corrected chi connectivity index (χ3v) is 8.76. The predicted octanol–water partition coefficient (Wildman–Crippen LogP) is 4.15. The van der Waals surface area contributed by atoms with Crippen LogP contribution in [0.2, 0.25) is 0 Å². The van der Waals surface area contributed by atoms with E-state index in [1.807, 2.05) is 47.8 Å². The lowest BCUT2D eigenvalue weighted by molar-refractivity contribution is -0.135. The van der Waals surface area contributed by atoms with Crippen LogP contribution < -0.4 is 0 Å². The quantitative estimate of drug-likeness (QED) is 0.530. The van der Waals surface area contributed by atoms with Gasteiger partial charge in [-0.05, 0) is 73.4 Å². The van der Waals surface area contributed by atoms with Crippen LogP contribution in [0.5, 0.6) is 0 Å². The Morgan fingerprint density at radius 2 is 1.86 bits per heavy atom. The topological polar surface area (TPSA) is 70.8 Å². The first kappa shape index (κ1) is 22.6. The molecule has 0 radical (unpaired) electrons. The van der Waals surface area contributed by atoms with Crippen LogP contribution in [0.25, 0.3) is 22.0 Å². The molecule has 3 fully saturated rings. The molecule has 1 unspecified atom stereocenters. The summed E-state index contributed by atoms with van der Waals surface area (Å²) in [5.74, 6) is 0.437. The molecule has 37 heavy (non-hydrogen) atoms. The van der Waals surface area contributed by atoms with Gasteiger partial charge in [0.05, 0.1) is 17.3 Å². The van der Waals surface area contributed by atoms with Gasteiger partial charge in [0.2, 0.25) is 5.91 Å². The Balaban J connectivity index is 1.14. The molecule has 7 rings (SSSR count). The van der Waals surface area contributed by atoms with Crippen LogP contribution in [0.1, 0.15) is 44.6 Å². The number of carbonyl (C=O) groups excluding carboxylic acids is 2. The van der Waals surface area contributed by atoms with E-state index in [2.05, 4.69) is 5.10 Å². The minimum atomic E-state index is -0.707. The van der Waals surface area contributed by atoms with Gasteiger partial charge in [-0.15, -0.1) is 0 Å². The van der Waals surface area contributed by atoms with Gasteiger partial charge in [-0.3, -0.25) is 24.2 Å². The van der Waals surface area contributed by atoms with E-state index >= 15 is 4.39 Å². The largest absolute Gasteiger partial charge is 0.342 e. The average molecular weight is 500 g/mol. The number of aryl methyl sites for hydroxylation is 1. The molecule has 2 aliphatic carbocycles. The summed E-state index contributed by atoms with van der Waals surface area (Å²) in [5.41, 5.74) is 2.16. The van der Waals surface area contributed by atoms with Crippen molar-refractivity contribution in [3.05, 3.63) is 54.0 Å². The van der Waals surface area contributed by atoms with Crippen LogP contribution in [0.4, 0.5) is 4.39 Å². The number of aliphatic imine (C=N–C) groups is 1. The molecular formula is C29H30FN5O2. The maximum absolute atomic E-state index is 15.6. The van der Waals surface area contributed by atoms with E-state index in [-0.39, 0.29) is 29.0 Å². The molecule has 1 saturated heterocycles. The molecule has 190 valence electrons. The summed E-state index contributed by atoms with van der Waals surface area (Å²) < 4.78 is 17.4. The molecule has 4 aliphatic rings. The van der Waals surface area contributed by atoms with Gasteiger partial charge >= 0.3 is 0 Å². The molecule has 2 aliphatic heterocycles. The summed E-state index contributed by atoms with van der Waals surface area (Å²) in [6.07, 6.45) is 6.00. The van der Waals surface area contributed by atoms with E-state index < -0.39 is 5.54 Å². The summed E-state index contributed by atoms with van der Waals surface area (Å²) in [6.45, 7) is 3.88. The number of amides is 2. The normalized spacial score (nSPS) is 23.3. The highest BCUT2D eigenvalue weighted by Gasteiger charge is 2.58. The number of benzene rings is 2. The zero-order valence-corrected chi connectivity index (χ0v) is 21.2. The van der Waals surface area contributed by atoms with Crippen molar-refractivity contribution < 1.29 is 14.0 Å². The van der Waals surface area contributed by atoms with Crippen molar-refractivity contribution in [1.82, 2.24) is 19.6 Å². The summed E-state index contributed by atoms with van der Waals surface area (Å²) in [6, 6.07) is 11.1. The van der Waals surface area contributed by atoms with Gasteiger partial charge in [0.25, 0.3) is 5.91 Å². The Bertz CT molecular complexity index is 1500. The number of aromatic nitrogens is 2. The summed E-state index contributed by atoms with van der Waals surface area (Å²) >= 11 is 0. The van der Waals surface area contributed by atoms with Gasteiger partial charge in [-0.25, -0.2) is 4.39 Å². The highest BCUT2D eigenvalue weighted by molar-refractivity contribution is 6.16. The number of amidine groups is 1. The van der Waals surface area contributed by atoms with Gasteiger partial charge in [-0.1, -0.05) is 19.1 Å². The summed E-state index contributed by atoms with van der Waals surface area (Å²) in [7, 11) is 1.90. The monoisotopic (exact) mass is 499 g/mol. The van der Waals surface area contributed by atoms with Crippen molar-refractivity contribution >= 4 is 28.6 Å². The van der Waals surface area contributed by atoms with Crippen molar-refractivity contribution in [2.24, 2.45) is 23.4 Å². The number of rotatable bonds is 5. The van der Waals surface area contributed by atoms with E-state index in [0.29, 0.717) is 37.3 Å². The smallest absolute Gasteiger partial charge is 0.256 e. The van der Waals surface area contributed by atoms with Crippen molar-refractivity contribution in [3.8, 4) is 11.1 Å². The summed E-state index contributed by atoms with van der Waals surface area (Å²) in [4.78, 5) is 34.6. The van der Waals surface area contributed by atoms with Gasteiger partial charge < -0.3 is 4.90 Å². The first-order valence-electron chi connectivity index (χ1n) is 13.2. The van der Waals surface area contributed by atoms with E-state index in [1.165, 1.54) is 6.07 Å². The molecule has 3 heterocycles. The molecule has 1 spiro atoms. The Labute approximate surface area is 214 Å². The van der Waals surface area contributed by atoms with E-state index in [9.17, 15) is 9.59 Å². The Morgan fingerprint density at radius 1 is 1.11 bits per heavy atom. The van der Waals surface area contributed by atoms with Crippen LogP contribution in [-0.4, -0.2) is 62.4 Å². The number of hydrogen-bond donors (Lipinski definition) is 0. The molecule has 0 N–H and O–H groups in total. The lowest BCUT2D eigenvalue weighted by Crippen LogP contribution is -2.41. The third-order valence-electron chi connectivity index (χ3n) is 8.76. The minimum absolute atomic E-state index is 0.0214. The zero-order valence-electron chi connectivity index (χ0n) is 21.2. The molecule has 2 saturated carbocycles. The molecule has 7 nitrogen and oxygen atoms in total. The number of likely N-dealkylation sites (tertiary alicyclic amines) is 1. The first-order chi connectivity index (χ1) is 17.8. The van der Waals surface area contributed by atoms with E-state index in [4.69, 9.17) is 4.99 Å². The van der Waals surface area contributed by atoms with Gasteiger partial charge in [0.15, 0.2) is 0 Å². The molecule has 0 bridgehead atoms. The first-order valence-corrected chi connectivity index (χ1v) is 13.2. The van der Waals surface area contributed by atoms with Gasteiger partial charge in [-0.2, -0.15) is 5.10 Å². The second-order valence-corrected chi connectivity index (χ2v) is 11.6. The van der Waals surface area contributed by atoms with Crippen LogP contribution in [0.15, 0.2) is 47.6 Å². The number of halogens is 1. The van der Waals surface area contributed by atoms with Crippen LogP contribution in [-0.2, 0) is 16.6 Å². The maximum atomic E-state index is 15.6. The molecule has 2 amide bonds. The lowest BCUT2D eigenvalue weighted by Gasteiger charge is -2.24. The van der Waals surface area contributed by atoms with Crippen LogP contribution in [0, 0.1) is 17.2 Å². The van der Waals surface area contributed by atoms with Crippen molar-refractivity contribution in [2.75, 3.05) is 19.6 Å². The second kappa shape index (κ2) is 7.73. The maximum Gasteiger partial charge on any atom is 0.256 e. The highest BCUT2D eigenvalue weighted by Crippen LogP contribution is 2.48. The number of fused-ring (bicyclic) bond motifs is 1. The fraction of sp³-hybridized carbons (Fsp3) is 0.448. The van der Waals surface area contributed by atoms with Gasteiger partial charge in [0.1, 0.15) is 17.2 Å². The third kappa shape index (κ3) is 3.60. The Morgan fingerprint density at radius 3 is 2.59 bits per heavy atom. The van der Waals surface area contributed by atoms with Crippen LogP contribution in [0.3, 0.4) is 0 Å². The van der Waals surface area contributed by atoms with E-state index in [0.717, 1.165) is 47.8 Å². The van der Waals surface area contributed by atoms with Crippen LogP contribution >= 0.6 is 0 Å². The second-order valence-electron chi connectivity index (χ2n) is 11.6. The van der Waals surface area contributed by atoms with Crippen molar-refractivity contribution in [3.63, 3.8) is 0 Å². The number of hydrogen-bond acceptors (Lipinski definition) is 4. The Hall–Kier alpha value is -3.55. The SMILES string of the molecule is Cn1ncc2cc(-c3ccc(C4=NC5(CC5)C(=O)N4CC4CCN(C(=O)C5(C)CC5)C4)c(F)c3)ccc21. The average Bonchev–Trinajstić information content (AvgIpc) is 3.72. The molecule has 3 aromatic rings. The fourth-order valence-electron chi connectivity index (χ4n) is 5.90. The fourth-order valence-corrected chi connectivity index (χ4v) is 5.90. The number of carbonyl (C=O) groups is 2. The minimum Gasteiger partial charge on any atom is -0.342 e. The van der Waals surface area contributed by atoms with Crippen molar-refractivity contribution in [2.45, 2.75) is 44.6 Å². The Kier molecular flexibility index (Phi) is 4.73. The molecular weight excluding hydrogens is 469 g/mol. The molecule has 2 aromatic carbocycles. The van der Waals surface area contributed by atoms with Gasteiger partial charge in [0, 0.05) is 37.5 Å². The van der Waals surface area contributed by atoms with E-state index in [1.54, 1.807) is 17.2 Å². The predicted molar refractivity (Wildman–Crippen MR) is 138 cm³/mol. The number of nitrogens with zero attached hydrogens (tertiary/aromatic N) is 5. The zero-order chi connectivity index (χ0) is 25.5. The molecule has 8 heteroatoms. The highest BCUT2D eigenvalue weighted by atomic mass is 19.1. The standard InChI is InChI=1S/C29H30FN5O2/c1-28(8-9-28)26(36)34-12-7-18(16-34)17-35-25(32-29(10-11-29)27(35)37)22-5-3-20(14-23(22)30)19-4-6-24-21(13-19)15-31-33(24)2/h3-6,13-15,18H,7-12,16-17H2,1-2H3. The van der Waals surface area contributed by atoms with Crippen molar-refractivity contribution in [1.29, 1.82) is 0 Å². The molecule has 1 atom stereocenters. The molecule has 1 aromatic heterocycles.